The zero-order valence-electron chi connectivity index (χ0n) is 17.5. The molecule has 0 bridgehead atoms. The summed E-state index contributed by atoms with van der Waals surface area (Å²) < 4.78 is 10.8. The highest BCUT2D eigenvalue weighted by molar-refractivity contribution is 5.79. The average Bonchev–Trinajstić information content (AvgIpc) is 2.63. The first-order valence-electron chi connectivity index (χ1n) is 10.8. The second kappa shape index (κ2) is 20.1. The van der Waals surface area contributed by atoms with Gasteiger partial charge in [-0.25, -0.2) is 0 Å². The molecule has 0 heterocycles. The zero-order chi connectivity index (χ0) is 19.3. The number of Topliss-reactive ketones (excluding diaryl/α,β-unsaturated/α-hetero) is 1. The molecule has 0 aromatic carbocycles. The van der Waals surface area contributed by atoms with Crippen molar-refractivity contribution in [2.24, 2.45) is 0 Å². The molecule has 3 heteroatoms. The summed E-state index contributed by atoms with van der Waals surface area (Å²) >= 11 is 0. The molecule has 0 radical (unpaired) electrons. The van der Waals surface area contributed by atoms with Crippen LogP contribution < -0.4 is 0 Å². The molecule has 0 saturated heterocycles. The summed E-state index contributed by atoms with van der Waals surface area (Å²) in [7, 11) is 0. The zero-order valence-corrected chi connectivity index (χ0v) is 17.5. The Bertz CT molecular complexity index is 332. The number of ketones is 1. The number of carbonyl (C=O) groups is 1. The number of ether oxygens (including phenoxy) is 2. The van der Waals surface area contributed by atoms with E-state index >= 15 is 0 Å². The summed E-state index contributed by atoms with van der Waals surface area (Å²) in [5.41, 5.74) is 0. The lowest BCUT2D eigenvalue weighted by Crippen LogP contribution is -2.20. The van der Waals surface area contributed by atoms with E-state index in [4.69, 9.17) is 9.47 Å². The summed E-state index contributed by atoms with van der Waals surface area (Å²) in [4.78, 5) is 11.6. The van der Waals surface area contributed by atoms with Gasteiger partial charge in [-0.3, -0.25) is 4.79 Å². The van der Waals surface area contributed by atoms with Crippen molar-refractivity contribution in [3.8, 4) is 0 Å². The van der Waals surface area contributed by atoms with Crippen LogP contribution in [0.4, 0.5) is 0 Å². The minimum atomic E-state index is -0.823. The SMILES string of the molecule is CCCCCCCCC=COC(OC=CCCCCCCCC)C(C)=O. The van der Waals surface area contributed by atoms with Crippen molar-refractivity contribution in [3.63, 3.8) is 0 Å². The third kappa shape index (κ3) is 17.6. The van der Waals surface area contributed by atoms with Crippen LogP contribution in [-0.2, 0) is 14.3 Å². The molecule has 0 fully saturated rings. The van der Waals surface area contributed by atoms with Crippen molar-refractivity contribution in [2.75, 3.05) is 0 Å². The van der Waals surface area contributed by atoms with Crippen LogP contribution >= 0.6 is 0 Å². The lowest BCUT2D eigenvalue weighted by atomic mass is 10.1. The fraction of sp³-hybridized carbons (Fsp3) is 0.783. The van der Waals surface area contributed by atoms with Crippen LogP contribution in [0.5, 0.6) is 0 Å². The lowest BCUT2D eigenvalue weighted by Gasteiger charge is -2.12. The van der Waals surface area contributed by atoms with Gasteiger partial charge in [-0.15, -0.1) is 0 Å². The number of hydrogen-bond acceptors (Lipinski definition) is 3. The van der Waals surface area contributed by atoms with Gasteiger partial charge in [0.15, 0.2) is 0 Å². The Morgan fingerprint density at radius 2 is 1.08 bits per heavy atom. The maximum absolute atomic E-state index is 11.6. The van der Waals surface area contributed by atoms with E-state index in [-0.39, 0.29) is 5.78 Å². The number of unbranched alkanes of at least 4 members (excludes halogenated alkanes) is 12. The van der Waals surface area contributed by atoms with Crippen LogP contribution in [0.15, 0.2) is 24.7 Å². The Morgan fingerprint density at radius 1 is 0.692 bits per heavy atom. The first kappa shape index (κ1) is 24.8. The monoisotopic (exact) mass is 366 g/mol. The van der Waals surface area contributed by atoms with Gasteiger partial charge in [0.1, 0.15) is 0 Å². The summed E-state index contributed by atoms with van der Waals surface area (Å²) in [5.74, 6) is -0.113. The molecule has 0 aliphatic heterocycles. The molecule has 152 valence electrons. The molecule has 26 heavy (non-hydrogen) atoms. The van der Waals surface area contributed by atoms with Gasteiger partial charge in [0.05, 0.1) is 12.5 Å². The van der Waals surface area contributed by atoms with Gasteiger partial charge >= 0.3 is 0 Å². The number of rotatable bonds is 19. The predicted octanol–water partition coefficient (Wildman–Crippen LogP) is 7.46. The lowest BCUT2D eigenvalue weighted by molar-refractivity contribution is -0.145. The van der Waals surface area contributed by atoms with Crippen molar-refractivity contribution in [2.45, 2.75) is 117 Å². The molecule has 0 spiro atoms. The van der Waals surface area contributed by atoms with Crippen molar-refractivity contribution < 1.29 is 14.3 Å². The van der Waals surface area contributed by atoms with E-state index in [0.717, 1.165) is 12.8 Å². The van der Waals surface area contributed by atoms with E-state index in [1.54, 1.807) is 12.5 Å². The Balaban J connectivity index is 3.71. The van der Waals surface area contributed by atoms with Crippen molar-refractivity contribution in [1.29, 1.82) is 0 Å². The third-order valence-electron chi connectivity index (χ3n) is 4.38. The number of allylic oxidation sites excluding steroid dienone is 2. The van der Waals surface area contributed by atoms with Crippen LogP contribution in [0.2, 0.25) is 0 Å². The first-order valence-corrected chi connectivity index (χ1v) is 10.8. The molecule has 0 aromatic rings. The van der Waals surface area contributed by atoms with Crippen LogP contribution in [-0.4, -0.2) is 12.1 Å². The molecule has 0 aliphatic carbocycles. The minimum absolute atomic E-state index is 0.113. The maximum Gasteiger partial charge on any atom is 0.299 e. The molecule has 0 N–H and O–H groups in total. The fourth-order valence-electron chi connectivity index (χ4n) is 2.70. The number of carbonyl (C=O) groups excluding carboxylic acids is 1. The Labute approximate surface area is 162 Å². The van der Waals surface area contributed by atoms with Gasteiger partial charge in [0.2, 0.25) is 5.78 Å². The van der Waals surface area contributed by atoms with Crippen molar-refractivity contribution >= 4 is 5.78 Å². The number of hydrogen-bond donors (Lipinski definition) is 0. The normalized spacial score (nSPS) is 12.7. The van der Waals surface area contributed by atoms with Crippen molar-refractivity contribution in [1.82, 2.24) is 0 Å². The fourth-order valence-corrected chi connectivity index (χ4v) is 2.70. The molecule has 0 rings (SSSR count). The van der Waals surface area contributed by atoms with Gasteiger partial charge < -0.3 is 9.47 Å². The van der Waals surface area contributed by atoms with Gasteiger partial charge in [0.25, 0.3) is 6.29 Å². The highest BCUT2D eigenvalue weighted by Gasteiger charge is 2.13. The summed E-state index contributed by atoms with van der Waals surface area (Å²) in [6.45, 7) is 5.96. The van der Waals surface area contributed by atoms with Gasteiger partial charge in [0, 0.05) is 6.92 Å². The standard InChI is InChI=1S/C23H42O3/c1-4-6-8-10-12-14-16-18-20-25-23(22(3)24)26-21-19-17-15-13-11-9-7-5-2/h18-21,23H,4-17H2,1-3H3. The predicted molar refractivity (Wildman–Crippen MR) is 111 cm³/mol. The molecular weight excluding hydrogens is 324 g/mol. The molecular formula is C23H42O3. The molecule has 0 aromatic heterocycles. The molecule has 0 saturated carbocycles. The largest absolute Gasteiger partial charge is 0.456 e. The third-order valence-corrected chi connectivity index (χ3v) is 4.38. The van der Waals surface area contributed by atoms with E-state index < -0.39 is 6.29 Å². The maximum atomic E-state index is 11.6. The topological polar surface area (TPSA) is 35.5 Å². The van der Waals surface area contributed by atoms with Crippen LogP contribution in [0.3, 0.4) is 0 Å². The van der Waals surface area contributed by atoms with Crippen LogP contribution in [0.25, 0.3) is 0 Å². The quantitative estimate of drug-likeness (QED) is 0.135. The summed E-state index contributed by atoms with van der Waals surface area (Å²) in [6.07, 6.45) is 23.8. The van der Waals surface area contributed by atoms with Crippen molar-refractivity contribution in [3.05, 3.63) is 24.7 Å². The molecule has 0 unspecified atom stereocenters. The molecule has 0 amide bonds. The van der Waals surface area contributed by atoms with E-state index in [1.807, 2.05) is 12.2 Å². The Morgan fingerprint density at radius 3 is 1.46 bits per heavy atom. The second-order valence-electron chi connectivity index (χ2n) is 7.07. The highest BCUT2D eigenvalue weighted by atomic mass is 16.7. The minimum Gasteiger partial charge on any atom is -0.456 e. The smallest absolute Gasteiger partial charge is 0.299 e. The Hall–Kier alpha value is -1.25. The van der Waals surface area contributed by atoms with E-state index in [2.05, 4.69) is 13.8 Å². The van der Waals surface area contributed by atoms with Crippen LogP contribution in [0, 0.1) is 0 Å². The summed E-state index contributed by atoms with van der Waals surface area (Å²) in [6, 6.07) is 0. The molecule has 0 aliphatic rings. The molecule has 3 nitrogen and oxygen atoms in total. The van der Waals surface area contributed by atoms with E-state index in [0.29, 0.717) is 0 Å². The average molecular weight is 367 g/mol. The first-order chi connectivity index (χ1) is 12.7. The van der Waals surface area contributed by atoms with Crippen LogP contribution in [0.1, 0.15) is 111 Å². The second-order valence-corrected chi connectivity index (χ2v) is 7.07. The van der Waals surface area contributed by atoms with Gasteiger partial charge in [-0.2, -0.15) is 0 Å². The van der Waals surface area contributed by atoms with E-state index in [9.17, 15) is 4.79 Å². The van der Waals surface area contributed by atoms with Gasteiger partial charge in [-0.05, 0) is 37.8 Å². The van der Waals surface area contributed by atoms with E-state index in [1.165, 1.54) is 84.0 Å². The molecule has 0 atom stereocenters. The van der Waals surface area contributed by atoms with Gasteiger partial charge in [-0.1, -0.05) is 78.1 Å². The summed E-state index contributed by atoms with van der Waals surface area (Å²) in [5, 5.41) is 0. The highest BCUT2D eigenvalue weighted by Crippen LogP contribution is 2.09. The Kier molecular flexibility index (Phi) is 19.1.